The van der Waals surface area contributed by atoms with Crippen LogP contribution in [-0.4, -0.2) is 15.2 Å². The van der Waals surface area contributed by atoms with Gasteiger partial charge in [-0.05, 0) is 73.1 Å². The summed E-state index contributed by atoms with van der Waals surface area (Å²) in [4.78, 5) is 5.07. The number of hydrogen-bond acceptors (Lipinski definition) is 3. The standard InChI is InChI=1S/C28H34FNO2.ClH/c1-6-7-8-9-23-26(20-12-14-22(29)15-13-20)25(19(5)31)27(17(2)3)30-28(23)21-11-10-18(4)24(32)16-21;/h10-17,19,31-32H,6-9H2,1-5H3;1H. The van der Waals surface area contributed by atoms with Crippen LogP contribution in [0.5, 0.6) is 5.75 Å². The molecule has 0 saturated carbocycles. The number of phenols is 1. The van der Waals surface area contributed by atoms with Gasteiger partial charge in [0.2, 0.25) is 0 Å². The van der Waals surface area contributed by atoms with Crippen molar-refractivity contribution >= 4 is 12.4 Å². The van der Waals surface area contributed by atoms with Gasteiger partial charge >= 0.3 is 0 Å². The van der Waals surface area contributed by atoms with Gasteiger partial charge in [-0.1, -0.05) is 57.9 Å². The molecule has 1 heterocycles. The molecular formula is C28H35ClFNO2. The molecule has 0 radical (unpaired) electrons. The predicted molar refractivity (Wildman–Crippen MR) is 137 cm³/mol. The van der Waals surface area contributed by atoms with Gasteiger partial charge < -0.3 is 10.2 Å². The Bertz CT molecular complexity index is 1080. The maximum absolute atomic E-state index is 13.8. The number of benzene rings is 2. The maximum atomic E-state index is 13.8. The third-order valence-corrected chi connectivity index (χ3v) is 5.98. The van der Waals surface area contributed by atoms with Gasteiger partial charge in [0.05, 0.1) is 17.5 Å². The van der Waals surface area contributed by atoms with Gasteiger partial charge in [0.15, 0.2) is 0 Å². The molecule has 1 unspecified atom stereocenters. The molecule has 2 aromatic carbocycles. The molecule has 0 aliphatic carbocycles. The minimum Gasteiger partial charge on any atom is -0.508 e. The van der Waals surface area contributed by atoms with Gasteiger partial charge in [-0.25, -0.2) is 4.39 Å². The van der Waals surface area contributed by atoms with Crippen LogP contribution in [0.25, 0.3) is 22.4 Å². The second-order valence-corrected chi connectivity index (χ2v) is 8.91. The molecule has 0 saturated heterocycles. The van der Waals surface area contributed by atoms with Gasteiger partial charge in [0, 0.05) is 11.1 Å². The maximum Gasteiger partial charge on any atom is 0.123 e. The Morgan fingerprint density at radius 3 is 2.15 bits per heavy atom. The lowest BCUT2D eigenvalue weighted by Gasteiger charge is -2.25. The quantitative estimate of drug-likeness (QED) is 0.328. The number of pyridine rings is 1. The molecule has 0 spiro atoms. The molecule has 0 amide bonds. The fourth-order valence-corrected chi connectivity index (χ4v) is 4.26. The molecule has 0 aliphatic heterocycles. The fraction of sp³-hybridized carbons (Fsp3) is 0.393. The van der Waals surface area contributed by atoms with Crippen molar-refractivity contribution in [1.29, 1.82) is 0 Å². The summed E-state index contributed by atoms with van der Waals surface area (Å²) >= 11 is 0. The Kier molecular flexibility index (Phi) is 9.45. The van der Waals surface area contributed by atoms with E-state index in [2.05, 4.69) is 20.8 Å². The average Bonchev–Trinajstić information content (AvgIpc) is 2.75. The summed E-state index contributed by atoms with van der Waals surface area (Å²) < 4.78 is 13.8. The van der Waals surface area contributed by atoms with Crippen LogP contribution in [0.1, 0.15) is 81.4 Å². The van der Waals surface area contributed by atoms with E-state index in [0.717, 1.165) is 70.5 Å². The number of aromatic nitrogens is 1. The SMILES string of the molecule is CCCCCc1c(-c2ccc(C)c(O)c2)nc(C(C)C)c(C(C)O)c1-c1ccc(F)cc1.Cl. The van der Waals surface area contributed by atoms with E-state index in [1.165, 1.54) is 12.1 Å². The second-order valence-electron chi connectivity index (χ2n) is 8.91. The fourth-order valence-electron chi connectivity index (χ4n) is 4.26. The molecule has 0 fully saturated rings. The number of aromatic hydroxyl groups is 1. The minimum absolute atomic E-state index is 0. The summed E-state index contributed by atoms with van der Waals surface area (Å²) in [5, 5.41) is 21.2. The van der Waals surface area contributed by atoms with E-state index in [9.17, 15) is 14.6 Å². The Morgan fingerprint density at radius 1 is 0.970 bits per heavy atom. The first-order valence-electron chi connectivity index (χ1n) is 11.5. The number of unbranched alkanes of at least 4 members (excludes halogenated alkanes) is 2. The van der Waals surface area contributed by atoms with Crippen molar-refractivity contribution < 1.29 is 14.6 Å². The highest BCUT2D eigenvalue weighted by molar-refractivity contribution is 5.85. The molecule has 2 N–H and O–H groups in total. The first-order valence-corrected chi connectivity index (χ1v) is 11.5. The summed E-state index contributed by atoms with van der Waals surface area (Å²) in [5.74, 6) is 0.0285. The molecule has 178 valence electrons. The smallest absolute Gasteiger partial charge is 0.123 e. The molecule has 1 aromatic heterocycles. The zero-order valence-electron chi connectivity index (χ0n) is 20.2. The van der Waals surface area contributed by atoms with Gasteiger partial charge in [0.25, 0.3) is 0 Å². The average molecular weight is 472 g/mol. The molecule has 0 aliphatic rings. The predicted octanol–water partition coefficient (Wildman–Crippen LogP) is 7.90. The highest BCUT2D eigenvalue weighted by Gasteiger charge is 2.25. The van der Waals surface area contributed by atoms with E-state index >= 15 is 0 Å². The molecule has 1 atom stereocenters. The van der Waals surface area contributed by atoms with Crippen molar-refractivity contribution in [3.63, 3.8) is 0 Å². The van der Waals surface area contributed by atoms with E-state index in [1.807, 2.05) is 19.1 Å². The Labute approximate surface area is 203 Å². The monoisotopic (exact) mass is 471 g/mol. The molecular weight excluding hydrogens is 437 g/mol. The van der Waals surface area contributed by atoms with E-state index < -0.39 is 6.10 Å². The molecule has 33 heavy (non-hydrogen) atoms. The van der Waals surface area contributed by atoms with Crippen LogP contribution >= 0.6 is 12.4 Å². The zero-order valence-corrected chi connectivity index (χ0v) is 21.0. The Balaban J connectivity index is 0.00000385. The highest BCUT2D eigenvalue weighted by atomic mass is 35.5. The van der Waals surface area contributed by atoms with Crippen molar-refractivity contribution in [3.05, 3.63) is 70.7 Å². The molecule has 3 nitrogen and oxygen atoms in total. The summed E-state index contributed by atoms with van der Waals surface area (Å²) in [6.07, 6.45) is 3.22. The van der Waals surface area contributed by atoms with E-state index in [-0.39, 0.29) is 29.9 Å². The van der Waals surface area contributed by atoms with Crippen LogP contribution in [0.3, 0.4) is 0 Å². The minimum atomic E-state index is -0.717. The Morgan fingerprint density at radius 2 is 1.61 bits per heavy atom. The zero-order chi connectivity index (χ0) is 23.4. The van der Waals surface area contributed by atoms with Crippen molar-refractivity contribution in [1.82, 2.24) is 4.98 Å². The van der Waals surface area contributed by atoms with Crippen LogP contribution in [0, 0.1) is 12.7 Å². The largest absolute Gasteiger partial charge is 0.508 e. The van der Waals surface area contributed by atoms with Gasteiger partial charge in [0.1, 0.15) is 11.6 Å². The van der Waals surface area contributed by atoms with Crippen molar-refractivity contribution in [3.8, 4) is 28.1 Å². The molecule has 3 aromatic rings. The summed E-state index contributed by atoms with van der Waals surface area (Å²) in [5.41, 5.74) is 6.96. The van der Waals surface area contributed by atoms with Gasteiger partial charge in [-0.15, -0.1) is 12.4 Å². The van der Waals surface area contributed by atoms with Gasteiger partial charge in [-0.3, -0.25) is 4.98 Å². The normalized spacial score (nSPS) is 12.0. The number of aliphatic hydroxyl groups excluding tert-OH is 1. The number of halogens is 2. The van der Waals surface area contributed by atoms with Crippen LogP contribution in [0.2, 0.25) is 0 Å². The topological polar surface area (TPSA) is 53.4 Å². The number of rotatable bonds is 8. The third kappa shape index (κ3) is 5.93. The number of aryl methyl sites for hydroxylation is 1. The first-order chi connectivity index (χ1) is 15.2. The Hall–Kier alpha value is -2.43. The van der Waals surface area contributed by atoms with E-state index in [4.69, 9.17) is 4.98 Å². The van der Waals surface area contributed by atoms with Crippen molar-refractivity contribution in [2.45, 2.75) is 72.3 Å². The lowest BCUT2D eigenvalue weighted by Crippen LogP contribution is -2.11. The van der Waals surface area contributed by atoms with Gasteiger partial charge in [-0.2, -0.15) is 0 Å². The third-order valence-electron chi connectivity index (χ3n) is 5.98. The van der Waals surface area contributed by atoms with Crippen LogP contribution in [0.15, 0.2) is 42.5 Å². The van der Waals surface area contributed by atoms with Crippen LogP contribution < -0.4 is 0 Å². The number of hydrogen-bond donors (Lipinski definition) is 2. The summed E-state index contributed by atoms with van der Waals surface area (Å²) in [6, 6.07) is 12.1. The molecule has 0 bridgehead atoms. The van der Waals surface area contributed by atoms with Crippen molar-refractivity contribution in [2.75, 3.05) is 0 Å². The lowest BCUT2D eigenvalue weighted by atomic mass is 9.84. The first kappa shape index (κ1) is 26.8. The van der Waals surface area contributed by atoms with E-state index in [1.54, 1.807) is 25.1 Å². The number of phenolic OH excluding ortho intramolecular Hbond substituents is 1. The van der Waals surface area contributed by atoms with Crippen molar-refractivity contribution in [2.24, 2.45) is 0 Å². The lowest BCUT2D eigenvalue weighted by molar-refractivity contribution is 0.197. The second kappa shape index (κ2) is 11.6. The molecule has 3 rings (SSSR count). The summed E-state index contributed by atoms with van der Waals surface area (Å²) in [7, 11) is 0. The summed E-state index contributed by atoms with van der Waals surface area (Å²) in [6.45, 7) is 9.94. The number of aliphatic hydroxyl groups is 1. The van der Waals surface area contributed by atoms with E-state index in [0.29, 0.717) is 0 Å². The molecule has 5 heteroatoms. The van der Waals surface area contributed by atoms with Crippen LogP contribution in [0.4, 0.5) is 4.39 Å². The van der Waals surface area contributed by atoms with Crippen LogP contribution in [-0.2, 0) is 6.42 Å². The number of nitrogens with zero attached hydrogens (tertiary/aromatic N) is 1. The highest BCUT2D eigenvalue weighted by Crippen LogP contribution is 2.42.